The molecule has 0 aliphatic carbocycles. The van der Waals surface area contributed by atoms with Crippen molar-refractivity contribution < 1.29 is 17.9 Å². The molecule has 0 radical (unpaired) electrons. The van der Waals surface area contributed by atoms with E-state index >= 15 is 0 Å². The fourth-order valence-corrected chi connectivity index (χ4v) is 3.97. The zero-order valence-electron chi connectivity index (χ0n) is 13.8. The van der Waals surface area contributed by atoms with Crippen LogP contribution in [0.1, 0.15) is 12.5 Å². The number of hydrogen-bond acceptors (Lipinski definition) is 4. The van der Waals surface area contributed by atoms with E-state index in [1.54, 1.807) is 55.5 Å². The Hall–Kier alpha value is -2.86. The van der Waals surface area contributed by atoms with Crippen LogP contribution in [0.2, 0.25) is 0 Å². The molecule has 1 aromatic heterocycles. The highest BCUT2D eigenvalue weighted by atomic mass is 32.2. The maximum absolute atomic E-state index is 12.8. The first-order valence-corrected chi connectivity index (χ1v) is 9.06. The van der Waals surface area contributed by atoms with E-state index in [0.717, 1.165) is 16.5 Å². The summed E-state index contributed by atoms with van der Waals surface area (Å²) >= 11 is 0. The highest BCUT2D eigenvalue weighted by Gasteiger charge is 2.18. The third-order valence-corrected chi connectivity index (χ3v) is 5.65. The molecule has 0 fully saturated rings. The van der Waals surface area contributed by atoms with E-state index in [0.29, 0.717) is 5.52 Å². The molecular weight excluding hydrogens is 338 g/mol. The Bertz CT molecular complexity index is 1060. The van der Waals surface area contributed by atoms with Gasteiger partial charge in [0.2, 0.25) is 0 Å². The van der Waals surface area contributed by atoms with E-state index in [1.807, 2.05) is 6.07 Å². The maximum Gasteiger partial charge on any atom is 0.330 e. The van der Waals surface area contributed by atoms with Crippen molar-refractivity contribution in [2.24, 2.45) is 0 Å². The van der Waals surface area contributed by atoms with E-state index < -0.39 is 16.0 Å². The lowest BCUT2D eigenvalue weighted by molar-refractivity contribution is -0.134. The monoisotopic (exact) mass is 355 g/mol. The highest BCUT2D eigenvalue weighted by Crippen LogP contribution is 2.25. The first-order valence-electron chi connectivity index (χ1n) is 7.62. The summed E-state index contributed by atoms with van der Waals surface area (Å²) in [5.41, 5.74) is 2.15. The Labute approximate surface area is 146 Å². The number of hydrogen-bond donors (Lipinski definition) is 0. The topological polar surface area (TPSA) is 65.4 Å². The summed E-state index contributed by atoms with van der Waals surface area (Å²) in [5, 5.41) is 0.773. The molecule has 2 aromatic carbocycles. The fraction of sp³-hybridized carbons (Fsp3) is 0.105. The molecule has 3 aromatic rings. The Balaban J connectivity index is 2.07. The summed E-state index contributed by atoms with van der Waals surface area (Å²) in [5.74, 6) is -0.429. The lowest BCUT2D eigenvalue weighted by atomic mass is 10.1. The quantitative estimate of drug-likeness (QED) is 0.531. The molecule has 25 heavy (non-hydrogen) atoms. The second kappa shape index (κ2) is 6.57. The summed E-state index contributed by atoms with van der Waals surface area (Å²) in [6.45, 7) is 1.80. The smallest absolute Gasteiger partial charge is 0.330 e. The van der Waals surface area contributed by atoms with Crippen LogP contribution < -0.4 is 0 Å². The Morgan fingerprint density at radius 1 is 1.08 bits per heavy atom. The van der Waals surface area contributed by atoms with Gasteiger partial charge in [-0.15, -0.1) is 0 Å². The van der Waals surface area contributed by atoms with Gasteiger partial charge in [0.25, 0.3) is 10.0 Å². The molecule has 0 saturated heterocycles. The summed E-state index contributed by atoms with van der Waals surface area (Å²) in [7, 11) is -2.33. The van der Waals surface area contributed by atoms with Gasteiger partial charge in [0.1, 0.15) is 0 Å². The lowest BCUT2D eigenvalue weighted by Crippen LogP contribution is -2.11. The van der Waals surface area contributed by atoms with Crippen LogP contribution in [0.15, 0.2) is 71.8 Å². The van der Waals surface area contributed by atoms with Crippen molar-refractivity contribution >= 4 is 32.5 Å². The van der Waals surface area contributed by atoms with Crippen molar-refractivity contribution in [1.29, 1.82) is 0 Å². The summed E-state index contributed by atoms with van der Waals surface area (Å²) in [6.07, 6.45) is 2.94. The van der Waals surface area contributed by atoms with Gasteiger partial charge in [-0.2, -0.15) is 0 Å². The van der Waals surface area contributed by atoms with E-state index in [-0.39, 0.29) is 4.90 Å². The molecule has 128 valence electrons. The SMILES string of the molecule is COC(=O)/C=C(\C)c1ccc2c(ccn2S(=O)(=O)c2ccccc2)c1. The van der Waals surface area contributed by atoms with Gasteiger partial charge in [0.05, 0.1) is 17.5 Å². The van der Waals surface area contributed by atoms with Crippen LogP contribution in [-0.4, -0.2) is 25.5 Å². The zero-order valence-corrected chi connectivity index (χ0v) is 14.7. The Morgan fingerprint density at radius 2 is 1.80 bits per heavy atom. The third-order valence-electron chi connectivity index (χ3n) is 3.95. The summed E-state index contributed by atoms with van der Waals surface area (Å²) < 4.78 is 31.5. The molecular formula is C19H17NO4S. The predicted octanol–water partition coefficient (Wildman–Crippen LogP) is 3.45. The first kappa shape index (κ1) is 17.0. The predicted molar refractivity (Wildman–Crippen MR) is 96.6 cm³/mol. The number of fused-ring (bicyclic) bond motifs is 1. The minimum atomic E-state index is -3.65. The van der Waals surface area contributed by atoms with E-state index in [2.05, 4.69) is 4.74 Å². The molecule has 0 unspecified atom stereocenters. The van der Waals surface area contributed by atoms with E-state index in [1.165, 1.54) is 23.4 Å². The van der Waals surface area contributed by atoms with E-state index in [4.69, 9.17) is 0 Å². The molecule has 0 aliphatic heterocycles. The van der Waals surface area contributed by atoms with Gasteiger partial charge in [0.15, 0.2) is 0 Å². The molecule has 0 bridgehead atoms. The number of ether oxygens (including phenoxy) is 1. The van der Waals surface area contributed by atoms with Crippen LogP contribution >= 0.6 is 0 Å². The second-order valence-corrected chi connectivity index (χ2v) is 7.37. The Kier molecular flexibility index (Phi) is 4.46. The number of esters is 1. The molecule has 3 rings (SSSR count). The van der Waals surface area contributed by atoms with Gasteiger partial charge in [-0.25, -0.2) is 17.2 Å². The first-order chi connectivity index (χ1) is 11.9. The number of rotatable bonds is 4. The van der Waals surface area contributed by atoms with Gasteiger partial charge in [-0.05, 0) is 48.4 Å². The standard InChI is InChI=1S/C19H17NO4S/c1-14(12-19(21)24-2)15-8-9-18-16(13-15)10-11-20(18)25(22,23)17-6-4-3-5-7-17/h3-13H,1-2H3/b14-12+. The van der Waals surface area contributed by atoms with Gasteiger partial charge in [-0.3, -0.25) is 0 Å². The van der Waals surface area contributed by atoms with Crippen LogP contribution in [0.3, 0.4) is 0 Å². The van der Waals surface area contributed by atoms with Crippen molar-refractivity contribution in [2.75, 3.05) is 7.11 Å². The zero-order chi connectivity index (χ0) is 18.0. The van der Waals surface area contributed by atoms with Crippen LogP contribution in [0.25, 0.3) is 16.5 Å². The largest absolute Gasteiger partial charge is 0.466 e. The minimum absolute atomic E-state index is 0.235. The van der Waals surface area contributed by atoms with Crippen molar-refractivity contribution in [1.82, 2.24) is 3.97 Å². The van der Waals surface area contributed by atoms with Crippen LogP contribution in [0.5, 0.6) is 0 Å². The van der Waals surface area contributed by atoms with E-state index in [9.17, 15) is 13.2 Å². The number of aromatic nitrogens is 1. The molecule has 0 saturated carbocycles. The van der Waals surface area contributed by atoms with Gasteiger partial charge >= 0.3 is 5.97 Å². The third kappa shape index (κ3) is 3.21. The maximum atomic E-state index is 12.8. The van der Waals surface area contributed by atoms with Crippen molar-refractivity contribution in [3.63, 3.8) is 0 Å². The van der Waals surface area contributed by atoms with Crippen molar-refractivity contribution in [3.05, 3.63) is 72.4 Å². The minimum Gasteiger partial charge on any atom is -0.466 e. The normalized spacial score (nSPS) is 12.3. The number of allylic oxidation sites excluding steroid dienone is 1. The molecule has 0 spiro atoms. The van der Waals surface area contributed by atoms with Crippen LogP contribution in [0, 0.1) is 0 Å². The number of methoxy groups -OCH3 is 1. The second-order valence-electron chi connectivity index (χ2n) is 5.55. The summed E-state index contributed by atoms with van der Waals surface area (Å²) in [4.78, 5) is 11.6. The molecule has 0 aliphatic rings. The molecule has 5 nitrogen and oxygen atoms in total. The van der Waals surface area contributed by atoms with Crippen LogP contribution in [0.4, 0.5) is 0 Å². The van der Waals surface area contributed by atoms with Gasteiger partial charge in [-0.1, -0.05) is 24.3 Å². The fourth-order valence-electron chi connectivity index (χ4n) is 2.60. The molecule has 1 heterocycles. The number of carbonyl (C=O) groups excluding carboxylic acids is 1. The van der Waals surface area contributed by atoms with Gasteiger partial charge < -0.3 is 4.74 Å². The Morgan fingerprint density at radius 3 is 2.48 bits per heavy atom. The average molecular weight is 355 g/mol. The molecule has 0 atom stereocenters. The van der Waals surface area contributed by atoms with Gasteiger partial charge in [0, 0.05) is 17.7 Å². The molecule has 0 amide bonds. The van der Waals surface area contributed by atoms with Crippen molar-refractivity contribution in [3.8, 4) is 0 Å². The highest BCUT2D eigenvalue weighted by molar-refractivity contribution is 7.90. The van der Waals surface area contributed by atoms with Crippen LogP contribution in [-0.2, 0) is 19.6 Å². The summed E-state index contributed by atoms with van der Waals surface area (Å²) in [6, 6.07) is 15.4. The number of benzene rings is 2. The molecule has 0 N–H and O–H groups in total. The lowest BCUT2D eigenvalue weighted by Gasteiger charge is -2.08. The number of carbonyl (C=O) groups is 1. The van der Waals surface area contributed by atoms with Crippen molar-refractivity contribution in [2.45, 2.75) is 11.8 Å². The number of nitrogens with zero attached hydrogens (tertiary/aromatic N) is 1. The average Bonchev–Trinajstić information content (AvgIpc) is 3.06. The molecule has 6 heteroatoms.